The first-order chi connectivity index (χ1) is 28.3. The Kier molecular flexibility index (Phi) is 30.0. The summed E-state index contributed by atoms with van der Waals surface area (Å²) < 4.78 is 0. The zero-order valence-electron chi connectivity index (χ0n) is 36.1. The van der Waals surface area contributed by atoms with Gasteiger partial charge in [0, 0.05) is 24.7 Å². The standard InChI is InChI=1S/C41H80N8O10/c1-5-7-9-10-11-12-13-14-15-16-17-18-19-21-35(54)43-24-36(55)45-33(25-50)39(57)48-34(26-51)40(58)47-32(22-30-23-42-27-44-30)38(56)49-37(29(4)53)41(59)46-31(28(3)52)20-8-6-2/h23,29,31-34,37-40,42,44,47-51,53,56-58H,5-22,24-27H2,1-4H3,(H,43,54)(H,45,55)(H,46,59)/t29?,31-,32-,33-,34-,37?,38?,39?,40?/m0/s1. The Morgan fingerprint density at radius 1 is 0.678 bits per heavy atom. The van der Waals surface area contributed by atoms with Crippen LogP contribution in [0.4, 0.5) is 0 Å². The highest BCUT2D eigenvalue weighted by Gasteiger charge is 2.34. The summed E-state index contributed by atoms with van der Waals surface area (Å²) in [7, 11) is 0. The van der Waals surface area contributed by atoms with Crippen molar-refractivity contribution in [2.24, 2.45) is 0 Å². The van der Waals surface area contributed by atoms with Crippen molar-refractivity contribution in [1.82, 2.24) is 42.5 Å². The minimum Gasteiger partial charge on any atom is -0.395 e. The molecule has 18 heteroatoms. The number of carbonyl (C=O) groups is 4. The van der Waals surface area contributed by atoms with Gasteiger partial charge in [-0.05, 0) is 26.7 Å². The van der Waals surface area contributed by atoms with Crippen LogP contribution in [0.1, 0.15) is 143 Å². The molecule has 0 aliphatic carbocycles. The smallest absolute Gasteiger partial charge is 0.240 e. The van der Waals surface area contributed by atoms with Gasteiger partial charge in [-0.2, -0.15) is 0 Å². The normalized spacial score (nSPS) is 17.2. The fraction of sp³-hybridized carbons (Fsp3) is 0.854. The second-order valence-corrected chi connectivity index (χ2v) is 15.8. The molecule has 0 saturated heterocycles. The first-order valence-corrected chi connectivity index (χ1v) is 22.0. The monoisotopic (exact) mass is 845 g/mol. The van der Waals surface area contributed by atoms with Crippen LogP contribution in [0.5, 0.6) is 0 Å². The second-order valence-electron chi connectivity index (χ2n) is 15.8. The molecule has 9 atom stereocenters. The van der Waals surface area contributed by atoms with Gasteiger partial charge in [-0.3, -0.25) is 35.1 Å². The molecule has 0 aromatic heterocycles. The Bertz CT molecular complexity index is 1200. The molecule has 0 fully saturated rings. The minimum absolute atomic E-state index is 0.0556. The van der Waals surface area contributed by atoms with Crippen LogP contribution in [0.3, 0.4) is 0 Å². The van der Waals surface area contributed by atoms with Crippen molar-refractivity contribution < 1.29 is 49.8 Å². The van der Waals surface area contributed by atoms with Crippen LogP contribution in [-0.4, -0.2) is 136 Å². The van der Waals surface area contributed by atoms with E-state index in [1.54, 1.807) is 6.20 Å². The zero-order chi connectivity index (χ0) is 44.0. The summed E-state index contributed by atoms with van der Waals surface area (Å²) >= 11 is 0. The van der Waals surface area contributed by atoms with Crippen molar-refractivity contribution in [2.75, 3.05) is 26.4 Å². The number of hydrogen-bond acceptors (Lipinski definition) is 15. The molecule has 14 N–H and O–H groups in total. The number of unbranched alkanes of at least 4 members (excludes halogenated alkanes) is 13. The van der Waals surface area contributed by atoms with Gasteiger partial charge >= 0.3 is 0 Å². The number of Topliss-reactive ketones (excluding diaryl/α,β-unsaturated/α-hetero) is 1. The van der Waals surface area contributed by atoms with E-state index >= 15 is 0 Å². The fourth-order valence-corrected chi connectivity index (χ4v) is 6.77. The highest BCUT2D eigenvalue weighted by molar-refractivity contribution is 5.90. The van der Waals surface area contributed by atoms with Crippen molar-refractivity contribution >= 4 is 23.5 Å². The van der Waals surface area contributed by atoms with Crippen molar-refractivity contribution in [3.8, 4) is 0 Å². The molecule has 1 rings (SSSR count). The molecular formula is C41H80N8O10. The molecule has 0 aromatic carbocycles. The van der Waals surface area contributed by atoms with Gasteiger partial charge < -0.3 is 57.2 Å². The summed E-state index contributed by atoms with van der Waals surface area (Å²) in [5.41, 5.74) is 0.623. The quantitative estimate of drug-likeness (QED) is 0.0288. The molecule has 5 unspecified atom stereocenters. The zero-order valence-corrected chi connectivity index (χ0v) is 36.1. The second kappa shape index (κ2) is 32.8. The van der Waals surface area contributed by atoms with Crippen LogP contribution in [0, 0.1) is 0 Å². The highest BCUT2D eigenvalue weighted by Crippen LogP contribution is 2.14. The summed E-state index contributed by atoms with van der Waals surface area (Å²) in [4.78, 5) is 50.3. The van der Waals surface area contributed by atoms with Crippen LogP contribution in [0.25, 0.3) is 0 Å². The van der Waals surface area contributed by atoms with E-state index in [-0.39, 0.29) is 31.1 Å². The molecule has 1 aliphatic rings. The predicted octanol–water partition coefficient (Wildman–Crippen LogP) is -0.0903. The van der Waals surface area contributed by atoms with Crippen molar-refractivity contribution in [3.05, 3.63) is 11.9 Å². The Morgan fingerprint density at radius 3 is 1.71 bits per heavy atom. The third-order valence-corrected chi connectivity index (χ3v) is 10.5. The molecule has 1 aliphatic heterocycles. The Balaban J connectivity index is 2.66. The summed E-state index contributed by atoms with van der Waals surface area (Å²) in [5.74, 6) is -1.91. The predicted molar refractivity (Wildman–Crippen MR) is 226 cm³/mol. The van der Waals surface area contributed by atoms with E-state index in [2.05, 4.69) is 49.5 Å². The Labute approximate surface area is 351 Å². The van der Waals surface area contributed by atoms with Crippen LogP contribution in [0.2, 0.25) is 0 Å². The Hall–Kier alpha value is -2.94. The number of hydrogen-bond donors (Lipinski definition) is 14. The molecule has 18 nitrogen and oxygen atoms in total. The van der Waals surface area contributed by atoms with Gasteiger partial charge in [0.25, 0.3) is 0 Å². The van der Waals surface area contributed by atoms with E-state index in [0.717, 1.165) is 25.7 Å². The fourth-order valence-electron chi connectivity index (χ4n) is 6.77. The number of amides is 3. The summed E-state index contributed by atoms with van der Waals surface area (Å²) in [6, 6.07) is -5.79. The molecule has 59 heavy (non-hydrogen) atoms. The molecule has 0 saturated carbocycles. The average molecular weight is 845 g/mol. The average Bonchev–Trinajstić information content (AvgIpc) is 3.72. The lowest BCUT2D eigenvalue weighted by Gasteiger charge is -2.35. The van der Waals surface area contributed by atoms with Crippen molar-refractivity contribution in [1.29, 1.82) is 0 Å². The molecule has 0 bridgehead atoms. The number of aliphatic hydroxyl groups is 6. The van der Waals surface area contributed by atoms with Crippen LogP contribution < -0.4 is 42.5 Å². The maximum Gasteiger partial charge on any atom is 0.240 e. The maximum absolute atomic E-state index is 13.2. The highest BCUT2D eigenvalue weighted by atomic mass is 16.3. The van der Waals surface area contributed by atoms with E-state index in [1.165, 1.54) is 71.6 Å². The minimum atomic E-state index is -1.67. The van der Waals surface area contributed by atoms with Gasteiger partial charge in [-0.1, -0.05) is 104 Å². The van der Waals surface area contributed by atoms with Gasteiger partial charge in [0.15, 0.2) is 5.78 Å². The first-order valence-electron chi connectivity index (χ1n) is 22.0. The van der Waals surface area contributed by atoms with E-state index in [9.17, 15) is 49.8 Å². The summed E-state index contributed by atoms with van der Waals surface area (Å²) in [5, 5.41) is 85.5. The summed E-state index contributed by atoms with van der Waals surface area (Å²) in [6.07, 6.45) is 13.2. The molecule has 344 valence electrons. The third kappa shape index (κ3) is 24.2. The van der Waals surface area contributed by atoms with Crippen LogP contribution in [0.15, 0.2) is 11.9 Å². The van der Waals surface area contributed by atoms with Gasteiger partial charge in [0.1, 0.15) is 24.7 Å². The molecular weight excluding hydrogens is 764 g/mol. The molecule has 1 heterocycles. The topological polar surface area (TPSA) is 286 Å². The van der Waals surface area contributed by atoms with Crippen LogP contribution in [-0.2, 0) is 19.2 Å². The molecule has 0 spiro atoms. The molecule has 3 amide bonds. The SMILES string of the molecule is CCCCCCCCCCCCCCCC(=O)NCC(=O)N[C@@H](CO)C(O)N[C@@H](CO)C(O)N[C@@H](CC1=CNCN1)C(O)NC(C(=O)N[C@@H](CCCC)C(C)=O)C(C)O. The third-order valence-electron chi connectivity index (χ3n) is 10.5. The first kappa shape index (κ1) is 54.1. The number of ketones is 1. The van der Waals surface area contributed by atoms with E-state index < -0.39 is 80.0 Å². The van der Waals surface area contributed by atoms with E-state index in [1.807, 2.05) is 6.92 Å². The van der Waals surface area contributed by atoms with Crippen molar-refractivity contribution in [2.45, 2.75) is 198 Å². The van der Waals surface area contributed by atoms with Gasteiger partial charge in [0.2, 0.25) is 17.7 Å². The Morgan fingerprint density at radius 2 is 1.20 bits per heavy atom. The van der Waals surface area contributed by atoms with Crippen molar-refractivity contribution in [3.63, 3.8) is 0 Å². The lowest BCUT2D eigenvalue weighted by Crippen LogP contribution is -2.64. The molecule has 0 radical (unpaired) electrons. The number of nitrogens with one attached hydrogen (secondary N) is 8. The number of carbonyl (C=O) groups excluding carboxylic acids is 4. The lowest BCUT2D eigenvalue weighted by molar-refractivity contribution is -0.131. The van der Waals surface area contributed by atoms with Gasteiger partial charge in [-0.25, -0.2) is 0 Å². The summed E-state index contributed by atoms with van der Waals surface area (Å²) in [6.45, 7) is 5.45. The number of rotatable bonds is 37. The van der Waals surface area contributed by atoms with Gasteiger partial charge in [0.05, 0.1) is 56.7 Å². The lowest BCUT2D eigenvalue weighted by atomic mass is 10.0. The largest absolute Gasteiger partial charge is 0.395 e. The number of aliphatic hydroxyl groups excluding tert-OH is 6. The van der Waals surface area contributed by atoms with E-state index in [4.69, 9.17) is 0 Å². The van der Waals surface area contributed by atoms with Gasteiger partial charge in [-0.15, -0.1) is 0 Å². The van der Waals surface area contributed by atoms with Crippen LogP contribution >= 0.6 is 0 Å². The van der Waals surface area contributed by atoms with E-state index in [0.29, 0.717) is 31.6 Å². The molecule has 0 aromatic rings. The maximum atomic E-state index is 13.2.